The molecule has 30 heavy (non-hydrogen) atoms. The first-order valence-corrected chi connectivity index (χ1v) is 9.63. The van der Waals surface area contributed by atoms with Crippen molar-refractivity contribution in [1.82, 2.24) is 4.90 Å². The molecule has 8 nitrogen and oxygen atoms in total. The number of amides is 3. The summed E-state index contributed by atoms with van der Waals surface area (Å²) in [7, 11) is 0. The van der Waals surface area contributed by atoms with Crippen molar-refractivity contribution >= 4 is 29.4 Å². The summed E-state index contributed by atoms with van der Waals surface area (Å²) in [6.07, 6.45) is 1.55. The smallest absolute Gasteiger partial charge is 0.336 e. The van der Waals surface area contributed by atoms with Gasteiger partial charge in [0.15, 0.2) is 0 Å². The minimum absolute atomic E-state index is 0.0901. The van der Waals surface area contributed by atoms with Gasteiger partial charge in [-0.2, -0.15) is 0 Å². The quantitative estimate of drug-likeness (QED) is 0.736. The number of benzene rings is 2. The molecule has 1 atom stereocenters. The number of carboxylic acid groups (broad SMARTS) is 1. The molecule has 0 bridgehead atoms. The summed E-state index contributed by atoms with van der Waals surface area (Å²) in [5, 5.41) is 11.9. The second-order valence-electron chi connectivity index (χ2n) is 7.35. The number of aromatic carboxylic acids is 1. The second-order valence-corrected chi connectivity index (χ2v) is 7.35. The highest BCUT2D eigenvalue weighted by Crippen LogP contribution is 2.27. The van der Waals surface area contributed by atoms with E-state index in [0.29, 0.717) is 17.9 Å². The Hall–Kier alpha value is -3.52. The van der Waals surface area contributed by atoms with E-state index < -0.39 is 17.8 Å². The largest absolute Gasteiger partial charge is 0.478 e. The molecule has 3 amide bonds. The van der Waals surface area contributed by atoms with Crippen molar-refractivity contribution in [3.63, 3.8) is 0 Å². The Morgan fingerprint density at radius 2 is 1.93 bits per heavy atom. The van der Waals surface area contributed by atoms with E-state index in [9.17, 15) is 24.3 Å². The van der Waals surface area contributed by atoms with Gasteiger partial charge in [0.1, 0.15) is 0 Å². The Balaban J connectivity index is 1.55. The molecular weight excluding hydrogens is 388 g/mol. The fourth-order valence-corrected chi connectivity index (χ4v) is 3.79. The number of ether oxygens (including phenoxy) is 1. The minimum atomic E-state index is -1.09. The number of hydrogen-bond donors (Lipinski definition) is 2. The van der Waals surface area contributed by atoms with Crippen molar-refractivity contribution < 1.29 is 29.0 Å². The molecule has 2 aromatic rings. The third-order valence-corrected chi connectivity index (χ3v) is 5.46. The van der Waals surface area contributed by atoms with E-state index in [1.807, 2.05) is 0 Å². The number of imide groups is 1. The monoisotopic (exact) mass is 408 g/mol. The predicted molar refractivity (Wildman–Crippen MR) is 107 cm³/mol. The van der Waals surface area contributed by atoms with Crippen LogP contribution in [-0.2, 0) is 4.74 Å². The van der Waals surface area contributed by atoms with Gasteiger partial charge in [-0.1, -0.05) is 6.07 Å². The molecule has 0 spiro atoms. The zero-order chi connectivity index (χ0) is 21.4. The fraction of sp³-hybridized carbons (Fsp3) is 0.273. The second kappa shape index (κ2) is 7.72. The summed E-state index contributed by atoms with van der Waals surface area (Å²) in [6.45, 7) is 2.43. The van der Waals surface area contributed by atoms with Crippen molar-refractivity contribution in [2.24, 2.45) is 0 Å². The third-order valence-electron chi connectivity index (χ3n) is 5.46. The van der Waals surface area contributed by atoms with Crippen molar-refractivity contribution in [1.29, 1.82) is 0 Å². The molecule has 2 N–H and O–H groups in total. The van der Waals surface area contributed by atoms with E-state index in [4.69, 9.17) is 4.74 Å². The van der Waals surface area contributed by atoms with Gasteiger partial charge in [-0.25, -0.2) is 4.79 Å². The number of nitrogens with one attached hydrogen (secondary N) is 1. The van der Waals surface area contributed by atoms with Gasteiger partial charge in [-0.3, -0.25) is 19.3 Å². The summed E-state index contributed by atoms with van der Waals surface area (Å²) in [6, 6.07) is 8.95. The van der Waals surface area contributed by atoms with Gasteiger partial charge in [-0.15, -0.1) is 0 Å². The molecule has 2 heterocycles. The molecule has 0 saturated carbocycles. The first-order chi connectivity index (χ1) is 14.4. The molecule has 8 heteroatoms. The molecule has 154 valence electrons. The molecule has 0 radical (unpaired) electrons. The summed E-state index contributed by atoms with van der Waals surface area (Å²) in [4.78, 5) is 50.5. The molecule has 2 aliphatic rings. The molecular formula is C22H20N2O6. The predicted octanol–water partition coefficient (Wildman–Crippen LogP) is 2.72. The normalized spacial score (nSPS) is 17.9. The number of anilines is 1. The van der Waals surface area contributed by atoms with Crippen LogP contribution >= 0.6 is 0 Å². The van der Waals surface area contributed by atoms with Gasteiger partial charge in [0.05, 0.1) is 29.3 Å². The van der Waals surface area contributed by atoms with Crippen molar-refractivity contribution in [2.45, 2.75) is 25.9 Å². The number of carbonyl (C=O) groups is 4. The van der Waals surface area contributed by atoms with Gasteiger partial charge in [0.2, 0.25) is 0 Å². The highest BCUT2D eigenvalue weighted by atomic mass is 16.5. The topological polar surface area (TPSA) is 113 Å². The molecule has 4 rings (SSSR count). The van der Waals surface area contributed by atoms with E-state index in [1.165, 1.54) is 29.2 Å². The Labute approximate surface area is 172 Å². The number of hydrogen-bond acceptors (Lipinski definition) is 5. The lowest BCUT2D eigenvalue weighted by Gasteiger charge is -2.17. The number of carbonyl (C=O) groups excluding carboxylic acids is 3. The molecule has 0 unspecified atom stereocenters. The minimum Gasteiger partial charge on any atom is -0.478 e. The first kappa shape index (κ1) is 19.8. The molecule has 0 aliphatic carbocycles. The van der Waals surface area contributed by atoms with Crippen LogP contribution in [0.15, 0.2) is 36.4 Å². The van der Waals surface area contributed by atoms with Gasteiger partial charge in [-0.05, 0) is 55.7 Å². The maximum absolute atomic E-state index is 12.8. The van der Waals surface area contributed by atoms with E-state index in [2.05, 4.69) is 5.32 Å². The maximum atomic E-state index is 12.8. The molecule has 1 fully saturated rings. The number of carboxylic acids is 1. The zero-order valence-corrected chi connectivity index (χ0v) is 16.3. The molecule has 2 aliphatic heterocycles. The van der Waals surface area contributed by atoms with Crippen molar-refractivity contribution in [3.05, 3.63) is 64.2 Å². The van der Waals surface area contributed by atoms with Gasteiger partial charge >= 0.3 is 5.97 Å². The first-order valence-electron chi connectivity index (χ1n) is 9.63. The lowest BCUT2D eigenvalue weighted by Crippen LogP contribution is -2.36. The number of rotatable bonds is 5. The van der Waals surface area contributed by atoms with Gasteiger partial charge in [0.25, 0.3) is 17.7 Å². The van der Waals surface area contributed by atoms with Gasteiger partial charge in [0, 0.05) is 17.9 Å². The Kier molecular flexibility index (Phi) is 5.09. The molecule has 0 aromatic heterocycles. The lowest BCUT2D eigenvalue weighted by molar-refractivity contribution is 0.0475. The number of fused-ring (bicyclic) bond motifs is 1. The van der Waals surface area contributed by atoms with E-state index in [0.717, 1.165) is 12.8 Å². The SMILES string of the molecule is Cc1c(NC(=O)c2ccc3c(c2)C(=O)N(C[C@@H]2CCCO2)C3=O)cccc1C(=O)O. The third kappa shape index (κ3) is 3.46. The van der Waals surface area contributed by atoms with Crippen LogP contribution in [0, 0.1) is 6.92 Å². The van der Waals surface area contributed by atoms with Crippen LogP contribution in [0.4, 0.5) is 5.69 Å². The van der Waals surface area contributed by atoms with E-state index in [-0.39, 0.29) is 40.8 Å². The standard InChI is InChI=1S/C22H20N2O6/c1-12-15(22(28)29)5-2-6-18(12)23-19(25)13-7-8-16-17(10-13)21(27)24(20(16)26)11-14-4-3-9-30-14/h2,5-8,10,14H,3-4,9,11H2,1H3,(H,23,25)(H,28,29)/t14-/m0/s1. The Bertz CT molecular complexity index is 1070. The highest BCUT2D eigenvalue weighted by Gasteiger charge is 2.38. The van der Waals surface area contributed by atoms with Crippen LogP contribution in [0.5, 0.6) is 0 Å². The van der Waals surface area contributed by atoms with E-state index in [1.54, 1.807) is 19.1 Å². The van der Waals surface area contributed by atoms with Crippen LogP contribution < -0.4 is 5.32 Å². The van der Waals surface area contributed by atoms with Crippen molar-refractivity contribution in [2.75, 3.05) is 18.5 Å². The van der Waals surface area contributed by atoms with Crippen LogP contribution in [0.1, 0.15) is 59.8 Å². The summed E-state index contributed by atoms with van der Waals surface area (Å²) in [5.41, 5.74) is 1.53. The fourth-order valence-electron chi connectivity index (χ4n) is 3.79. The Morgan fingerprint density at radius 3 is 2.63 bits per heavy atom. The average Bonchev–Trinajstić information content (AvgIpc) is 3.32. The number of nitrogens with zero attached hydrogens (tertiary/aromatic N) is 1. The summed E-state index contributed by atoms with van der Waals surface area (Å²) < 4.78 is 5.52. The van der Waals surface area contributed by atoms with Crippen LogP contribution in [0.25, 0.3) is 0 Å². The zero-order valence-electron chi connectivity index (χ0n) is 16.3. The van der Waals surface area contributed by atoms with Crippen molar-refractivity contribution in [3.8, 4) is 0 Å². The Morgan fingerprint density at radius 1 is 1.17 bits per heavy atom. The lowest BCUT2D eigenvalue weighted by atomic mass is 10.0. The average molecular weight is 408 g/mol. The molecule has 2 aromatic carbocycles. The van der Waals surface area contributed by atoms with Crippen LogP contribution in [0.3, 0.4) is 0 Å². The van der Waals surface area contributed by atoms with E-state index >= 15 is 0 Å². The van der Waals surface area contributed by atoms with Crippen LogP contribution in [-0.4, -0.2) is 53.0 Å². The summed E-state index contributed by atoms with van der Waals surface area (Å²) in [5.74, 6) is -2.41. The summed E-state index contributed by atoms with van der Waals surface area (Å²) >= 11 is 0. The highest BCUT2D eigenvalue weighted by molar-refractivity contribution is 6.22. The maximum Gasteiger partial charge on any atom is 0.336 e. The van der Waals surface area contributed by atoms with Crippen LogP contribution in [0.2, 0.25) is 0 Å². The van der Waals surface area contributed by atoms with Gasteiger partial charge < -0.3 is 15.2 Å². The molecule has 1 saturated heterocycles.